The Morgan fingerprint density at radius 1 is 1.31 bits per heavy atom. The van der Waals surface area contributed by atoms with Gasteiger partial charge in [0.15, 0.2) is 10.3 Å². The van der Waals surface area contributed by atoms with Crippen molar-refractivity contribution >= 4 is 50.1 Å². The van der Waals surface area contributed by atoms with Gasteiger partial charge in [-0.2, -0.15) is 0 Å². The lowest BCUT2D eigenvalue weighted by Gasteiger charge is -2.03. The van der Waals surface area contributed by atoms with Crippen LogP contribution in [0.4, 0.5) is 5.13 Å². The summed E-state index contributed by atoms with van der Waals surface area (Å²) in [5.74, 6) is 0.345. The third-order valence-corrected chi connectivity index (χ3v) is 5.55. The predicted octanol–water partition coefficient (Wildman–Crippen LogP) is 2.37. The molecule has 0 saturated heterocycles. The number of hydrogen-bond acceptors (Lipinski definition) is 7. The highest BCUT2D eigenvalue weighted by Gasteiger charge is 2.13. The first-order chi connectivity index (χ1) is 12.5. The zero-order valence-corrected chi connectivity index (χ0v) is 15.6. The Balaban J connectivity index is 1.47. The van der Waals surface area contributed by atoms with E-state index in [1.807, 2.05) is 25.1 Å². The lowest BCUT2D eigenvalue weighted by Crippen LogP contribution is -2.14. The number of fused-ring (bicyclic) bond motifs is 2. The summed E-state index contributed by atoms with van der Waals surface area (Å²) in [7, 11) is 0. The van der Waals surface area contributed by atoms with Crippen LogP contribution in [0.1, 0.15) is 11.3 Å². The van der Waals surface area contributed by atoms with Crippen molar-refractivity contribution in [3.63, 3.8) is 0 Å². The number of H-pyrrole nitrogens is 1. The number of rotatable bonds is 4. The smallest absolute Gasteiger partial charge is 0.252 e. The minimum absolute atomic E-state index is 0.161. The molecule has 10 heteroatoms. The van der Waals surface area contributed by atoms with Gasteiger partial charge in [0.25, 0.3) is 5.56 Å². The van der Waals surface area contributed by atoms with Crippen LogP contribution in [0.3, 0.4) is 0 Å². The summed E-state index contributed by atoms with van der Waals surface area (Å²) in [5, 5.41) is 11.9. The zero-order chi connectivity index (χ0) is 18.3. The van der Waals surface area contributed by atoms with Gasteiger partial charge in [-0.25, -0.2) is 4.98 Å². The molecule has 3 heterocycles. The molecule has 0 radical (unpaired) electrons. The number of aromatic amines is 1. The molecule has 0 atom stereocenters. The van der Waals surface area contributed by atoms with E-state index in [0.29, 0.717) is 21.8 Å². The molecule has 0 aliphatic carbocycles. The molecule has 8 nitrogen and oxygen atoms in total. The van der Waals surface area contributed by atoms with Crippen molar-refractivity contribution in [1.82, 2.24) is 24.6 Å². The normalized spacial score (nSPS) is 11.3. The fourth-order valence-corrected chi connectivity index (χ4v) is 4.30. The van der Waals surface area contributed by atoms with Crippen molar-refractivity contribution in [2.75, 3.05) is 11.1 Å². The molecule has 3 aromatic heterocycles. The monoisotopic (exact) mass is 386 g/mol. The van der Waals surface area contributed by atoms with E-state index in [9.17, 15) is 9.59 Å². The molecule has 0 fully saturated rings. The van der Waals surface area contributed by atoms with Gasteiger partial charge in [-0.15, -0.1) is 10.2 Å². The molecule has 0 bridgehead atoms. The van der Waals surface area contributed by atoms with Crippen LogP contribution in [0.25, 0.3) is 16.0 Å². The van der Waals surface area contributed by atoms with Gasteiger partial charge in [0.05, 0.1) is 16.0 Å². The number of nitrogens with one attached hydrogen (secondary N) is 2. The first-order valence-electron chi connectivity index (χ1n) is 7.74. The Kier molecular flexibility index (Phi) is 4.21. The number of nitrogens with zero attached hydrogens (tertiary/aromatic N) is 4. The van der Waals surface area contributed by atoms with Gasteiger partial charge in [0, 0.05) is 11.8 Å². The molecule has 4 rings (SSSR count). The third-order valence-electron chi connectivity index (χ3n) is 3.68. The SMILES string of the molecule is Cc1ccc2nc(NC(=O)CSc3nnc4[nH]c(=O)cc(C)n34)sc2c1. The van der Waals surface area contributed by atoms with Gasteiger partial charge in [0.2, 0.25) is 11.7 Å². The number of carbonyl (C=O) groups is 1. The van der Waals surface area contributed by atoms with E-state index >= 15 is 0 Å². The van der Waals surface area contributed by atoms with E-state index < -0.39 is 0 Å². The van der Waals surface area contributed by atoms with Crippen molar-refractivity contribution < 1.29 is 4.79 Å². The second-order valence-electron chi connectivity index (χ2n) is 5.74. The van der Waals surface area contributed by atoms with Gasteiger partial charge in [0.1, 0.15) is 0 Å². The Morgan fingerprint density at radius 2 is 2.15 bits per heavy atom. The molecule has 1 aromatic carbocycles. The highest BCUT2D eigenvalue weighted by Crippen LogP contribution is 2.27. The summed E-state index contributed by atoms with van der Waals surface area (Å²) in [6.07, 6.45) is 0. The number of thiazole rings is 1. The van der Waals surface area contributed by atoms with Crippen molar-refractivity contribution in [1.29, 1.82) is 0 Å². The minimum Gasteiger partial charge on any atom is -0.301 e. The summed E-state index contributed by atoms with van der Waals surface area (Å²) in [6, 6.07) is 7.44. The molecule has 132 valence electrons. The molecule has 0 aliphatic rings. The van der Waals surface area contributed by atoms with E-state index in [2.05, 4.69) is 25.5 Å². The van der Waals surface area contributed by atoms with E-state index in [4.69, 9.17) is 0 Å². The Morgan fingerprint density at radius 3 is 3.00 bits per heavy atom. The number of anilines is 1. The number of aryl methyl sites for hydroxylation is 2. The topological polar surface area (TPSA) is 105 Å². The maximum absolute atomic E-state index is 12.2. The van der Waals surface area contributed by atoms with Crippen LogP contribution in [0.2, 0.25) is 0 Å². The number of benzene rings is 1. The van der Waals surface area contributed by atoms with Crippen LogP contribution in [-0.2, 0) is 4.79 Å². The molecule has 0 spiro atoms. The van der Waals surface area contributed by atoms with Crippen LogP contribution in [0.5, 0.6) is 0 Å². The molecular formula is C16H14N6O2S2. The first-order valence-corrected chi connectivity index (χ1v) is 9.55. The number of hydrogen-bond donors (Lipinski definition) is 2. The first kappa shape index (κ1) is 16.7. The molecule has 0 aliphatic heterocycles. The van der Waals surface area contributed by atoms with Crippen molar-refractivity contribution in [3.05, 3.63) is 45.9 Å². The molecule has 26 heavy (non-hydrogen) atoms. The molecule has 1 amide bonds. The van der Waals surface area contributed by atoms with E-state index in [1.54, 1.807) is 11.3 Å². The highest BCUT2D eigenvalue weighted by molar-refractivity contribution is 7.99. The Bertz CT molecular complexity index is 1190. The molecule has 2 N–H and O–H groups in total. The van der Waals surface area contributed by atoms with E-state index in [-0.39, 0.29) is 17.2 Å². The minimum atomic E-state index is -0.234. The quantitative estimate of drug-likeness (QED) is 0.522. The van der Waals surface area contributed by atoms with Gasteiger partial charge >= 0.3 is 0 Å². The average Bonchev–Trinajstić information content (AvgIpc) is 3.15. The van der Waals surface area contributed by atoms with Gasteiger partial charge in [-0.1, -0.05) is 29.2 Å². The Hall–Kier alpha value is -2.72. The second-order valence-corrected chi connectivity index (χ2v) is 7.72. The van der Waals surface area contributed by atoms with Crippen molar-refractivity contribution in [2.45, 2.75) is 19.0 Å². The lowest BCUT2D eigenvalue weighted by atomic mass is 10.2. The fourth-order valence-electron chi connectivity index (χ4n) is 2.53. The van der Waals surface area contributed by atoms with Crippen LogP contribution in [0, 0.1) is 13.8 Å². The van der Waals surface area contributed by atoms with E-state index in [1.165, 1.54) is 29.2 Å². The summed E-state index contributed by atoms with van der Waals surface area (Å²) in [5.41, 5.74) is 2.49. The summed E-state index contributed by atoms with van der Waals surface area (Å²) in [4.78, 5) is 30.7. The lowest BCUT2D eigenvalue weighted by molar-refractivity contribution is -0.113. The third kappa shape index (κ3) is 3.20. The second kappa shape index (κ2) is 6.54. The fraction of sp³-hybridized carbons (Fsp3) is 0.188. The number of aromatic nitrogens is 5. The van der Waals surface area contributed by atoms with Crippen LogP contribution in [0.15, 0.2) is 34.2 Å². The Labute approximate surface area is 155 Å². The maximum atomic E-state index is 12.2. The highest BCUT2D eigenvalue weighted by atomic mass is 32.2. The maximum Gasteiger partial charge on any atom is 0.252 e. The van der Waals surface area contributed by atoms with Crippen molar-refractivity contribution in [3.8, 4) is 0 Å². The standard InChI is InChI=1S/C16H14N6O2S2/c1-8-3-4-10-11(5-8)26-15(17-10)19-13(24)7-25-16-21-20-14-18-12(23)6-9(2)22(14)16/h3-6H,7H2,1-2H3,(H,17,19,24)(H,18,20,23). The summed E-state index contributed by atoms with van der Waals surface area (Å²) < 4.78 is 2.75. The number of carbonyl (C=O) groups excluding carboxylic acids is 1. The van der Waals surface area contributed by atoms with Crippen LogP contribution in [-0.4, -0.2) is 36.2 Å². The number of thioether (sulfide) groups is 1. The predicted molar refractivity (Wildman–Crippen MR) is 102 cm³/mol. The molecule has 0 saturated carbocycles. The molecule has 4 aromatic rings. The van der Waals surface area contributed by atoms with Gasteiger partial charge in [-0.05, 0) is 31.5 Å². The van der Waals surface area contributed by atoms with Crippen LogP contribution >= 0.6 is 23.1 Å². The average molecular weight is 386 g/mol. The van der Waals surface area contributed by atoms with Crippen molar-refractivity contribution in [2.24, 2.45) is 0 Å². The summed E-state index contributed by atoms with van der Waals surface area (Å²) in [6.45, 7) is 3.81. The molecular weight excluding hydrogens is 372 g/mol. The largest absolute Gasteiger partial charge is 0.301 e. The van der Waals surface area contributed by atoms with Crippen LogP contribution < -0.4 is 10.9 Å². The zero-order valence-electron chi connectivity index (χ0n) is 13.9. The van der Waals surface area contributed by atoms with Gasteiger partial charge in [-0.3, -0.25) is 19.0 Å². The molecule has 0 unspecified atom stereocenters. The summed E-state index contributed by atoms with van der Waals surface area (Å²) >= 11 is 2.69. The van der Waals surface area contributed by atoms with E-state index in [0.717, 1.165) is 15.8 Å². The van der Waals surface area contributed by atoms with Gasteiger partial charge < -0.3 is 5.32 Å². The number of amides is 1.